The maximum Gasteiger partial charge on any atom is 0.408 e. The van der Waals surface area contributed by atoms with Gasteiger partial charge < -0.3 is 34.3 Å². The van der Waals surface area contributed by atoms with Crippen LogP contribution in [0.4, 0.5) is 9.18 Å². The van der Waals surface area contributed by atoms with Gasteiger partial charge in [-0.2, -0.15) is 0 Å². The van der Waals surface area contributed by atoms with Crippen molar-refractivity contribution in [3.8, 4) is 11.5 Å². The van der Waals surface area contributed by atoms with Crippen molar-refractivity contribution in [1.82, 2.24) is 20.2 Å². The molecule has 0 unspecified atom stereocenters. The van der Waals surface area contributed by atoms with E-state index in [1.54, 1.807) is 41.5 Å². The second-order valence-electron chi connectivity index (χ2n) is 12.3. The third-order valence-electron chi connectivity index (χ3n) is 7.10. The number of nitrogens with one attached hydrogen (secondary N) is 3. The number of aromatic nitrogens is 2. The Labute approximate surface area is 286 Å². The quantitative estimate of drug-likeness (QED) is 0.259. The number of halogens is 3. The summed E-state index contributed by atoms with van der Waals surface area (Å²) in [6, 6.07) is 1.67. The Bertz CT molecular complexity index is 1590. The molecule has 1 saturated heterocycles. The van der Waals surface area contributed by atoms with Crippen LogP contribution >= 0.6 is 23.2 Å². The summed E-state index contributed by atoms with van der Waals surface area (Å²) < 4.78 is 44.4. The molecule has 17 heteroatoms. The monoisotopic (exact) mass is 718 g/mol. The Morgan fingerprint density at radius 2 is 1.79 bits per heavy atom. The van der Waals surface area contributed by atoms with E-state index < -0.39 is 71.4 Å². The molecule has 0 spiro atoms. The highest BCUT2D eigenvalue weighted by Gasteiger charge is 2.50. The van der Waals surface area contributed by atoms with Crippen molar-refractivity contribution < 1.29 is 42.5 Å². The Balaban J connectivity index is 1.78. The van der Waals surface area contributed by atoms with Crippen LogP contribution in [0.1, 0.15) is 59.8 Å². The topological polar surface area (TPSA) is 176 Å². The molecule has 0 radical (unpaired) electrons. The van der Waals surface area contributed by atoms with E-state index in [2.05, 4.69) is 15.6 Å². The Morgan fingerprint density at radius 3 is 2.40 bits per heavy atom. The van der Waals surface area contributed by atoms with E-state index in [-0.39, 0.29) is 47.4 Å². The van der Waals surface area contributed by atoms with Crippen molar-refractivity contribution in [3.05, 3.63) is 54.8 Å². The number of aromatic amines is 1. The molecule has 1 aliphatic heterocycles. The highest BCUT2D eigenvalue weighted by Crippen LogP contribution is 2.36. The summed E-state index contributed by atoms with van der Waals surface area (Å²) in [5.74, 6) is -1.46. The number of ether oxygens (including phenoxy) is 5. The van der Waals surface area contributed by atoms with E-state index in [0.717, 1.165) is 4.57 Å². The average Bonchev–Trinajstić information content (AvgIpc) is 3.29. The third-order valence-corrected chi connectivity index (χ3v) is 7.69. The summed E-state index contributed by atoms with van der Waals surface area (Å²) >= 11 is 12.2. The zero-order chi connectivity index (χ0) is 35.9. The van der Waals surface area contributed by atoms with Gasteiger partial charge in [0.15, 0.2) is 18.5 Å². The van der Waals surface area contributed by atoms with Gasteiger partial charge in [0.1, 0.15) is 29.2 Å². The van der Waals surface area contributed by atoms with Gasteiger partial charge in [0.25, 0.3) is 5.56 Å². The predicted octanol–water partition coefficient (Wildman–Crippen LogP) is 3.70. The van der Waals surface area contributed by atoms with Crippen LogP contribution in [0.5, 0.6) is 11.5 Å². The Morgan fingerprint density at radius 1 is 1.12 bits per heavy atom. The number of H-pyrrole nitrogens is 1. The number of carbonyl (C=O) groups excluding carboxylic acids is 3. The number of amides is 2. The smallest absolute Gasteiger partial charge is 0.408 e. The first-order valence-corrected chi connectivity index (χ1v) is 16.0. The number of esters is 1. The van der Waals surface area contributed by atoms with Gasteiger partial charge in [-0.3, -0.25) is 19.1 Å². The molecule has 2 aromatic rings. The van der Waals surface area contributed by atoms with Crippen molar-refractivity contribution in [1.29, 1.82) is 0 Å². The first-order chi connectivity index (χ1) is 22.4. The number of nitrogens with zero attached hydrogens (tertiary/aromatic N) is 1. The number of aryl methyl sites for hydroxylation is 1. The minimum absolute atomic E-state index is 0.104. The number of alkyl carbamates (subject to hydrolysis) is 1. The minimum Gasteiger partial charge on any atom is -0.495 e. The highest BCUT2D eigenvalue weighted by molar-refractivity contribution is 6.36. The lowest BCUT2D eigenvalue weighted by molar-refractivity contribution is -0.157. The number of carbonyl (C=O) groups is 3. The largest absolute Gasteiger partial charge is 0.495 e. The average molecular weight is 720 g/mol. The molecule has 1 aromatic carbocycles. The van der Waals surface area contributed by atoms with E-state index in [0.29, 0.717) is 5.75 Å². The number of benzene rings is 1. The van der Waals surface area contributed by atoms with E-state index in [4.69, 9.17) is 46.9 Å². The van der Waals surface area contributed by atoms with Gasteiger partial charge in [-0.05, 0) is 39.2 Å². The predicted molar refractivity (Wildman–Crippen MR) is 174 cm³/mol. The van der Waals surface area contributed by atoms with E-state index in [1.807, 2.05) is 0 Å². The molecular weight excluding hydrogens is 678 g/mol. The van der Waals surface area contributed by atoms with Crippen LogP contribution in [0.2, 0.25) is 10.0 Å². The van der Waals surface area contributed by atoms with Crippen molar-refractivity contribution in [2.75, 3.05) is 20.3 Å². The Hall–Kier alpha value is -3.82. The zero-order valence-corrected chi connectivity index (χ0v) is 29.2. The summed E-state index contributed by atoms with van der Waals surface area (Å²) in [6.45, 7) is 9.47. The first kappa shape index (κ1) is 38.6. The van der Waals surface area contributed by atoms with Gasteiger partial charge >= 0.3 is 17.8 Å². The lowest BCUT2D eigenvalue weighted by Crippen LogP contribution is -2.50. The van der Waals surface area contributed by atoms with Gasteiger partial charge in [0.2, 0.25) is 5.91 Å². The molecular formula is C31H41Cl2FN4O10. The van der Waals surface area contributed by atoms with E-state index in [1.165, 1.54) is 25.4 Å². The molecule has 2 heterocycles. The van der Waals surface area contributed by atoms with Crippen LogP contribution in [0.25, 0.3) is 0 Å². The molecule has 0 aliphatic carbocycles. The van der Waals surface area contributed by atoms with Crippen molar-refractivity contribution in [3.63, 3.8) is 0 Å². The van der Waals surface area contributed by atoms with Crippen LogP contribution in [-0.4, -0.2) is 77.8 Å². The van der Waals surface area contributed by atoms with Crippen LogP contribution in [-0.2, 0) is 30.2 Å². The van der Waals surface area contributed by atoms with E-state index in [9.17, 15) is 24.0 Å². The maximum atomic E-state index is 16.1. The third kappa shape index (κ3) is 10.1. The maximum absolute atomic E-state index is 16.1. The van der Waals surface area contributed by atoms with Crippen molar-refractivity contribution >= 4 is 41.2 Å². The first-order valence-electron chi connectivity index (χ1n) is 15.2. The van der Waals surface area contributed by atoms with Gasteiger partial charge in [0.05, 0.1) is 30.2 Å². The summed E-state index contributed by atoms with van der Waals surface area (Å²) in [6.07, 6.45) is -6.30. The van der Waals surface area contributed by atoms with Crippen LogP contribution in [0.15, 0.2) is 27.9 Å². The number of alkyl halides is 1. The fraction of sp³-hybridized carbons (Fsp3) is 0.581. The summed E-state index contributed by atoms with van der Waals surface area (Å²) in [5.41, 5.74) is -2.24. The fourth-order valence-electron chi connectivity index (χ4n) is 4.66. The molecule has 48 heavy (non-hydrogen) atoms. The second kappa shape index (κ2) is 16.5. The summed E-state index contributed by atoms with van der Waals surface area (Å²) in [7, 11) is 1.42. The molecule has 3 rings (SSSR count). The number of methoxy groups -OCH3 is 1. The van der Waals surface area contributed by atoms with Crippen molar-refractivity contribution in [2.24, 2.45) is 5.92 Å². The molecule has 5 atom stereocenters. The van der Waals surface area contributed by atoms with Crippen LogP contribution in [0, 0.1) is 5.92 Å². The zero-order valence-electron chi connectivity index (χ0n) is 27.7. The van der Waals surface area contributed by atoms with Crippen molar-refractivity contribution in [2.45, 2.75) is 90.6 Å². The molecule has 1 fully saturated rings. The molecule has 0 saturated carbocycles. The number of hydrogen-bond donors (Lipinski definition) is 3. The molecule has 14 nitrogen and oxygen atoms in total. The lowest BCUT2D eigenvalue weighted by Gasteiger charge is -2.27. The minimum atomic E-state index is -2.12. The molecule has 1 aliphatic rings. The molecule has 2 amide bonds. The standard InChI is InChI=1S/C31H41Cl2FN4O10/c1-8-16-14-38(29(42)37-26(16)40)27-23(34)25(47-28(41)24(15(2)3)36-30(43)48-31(4,5)6)21(46-27)13-35-22(39)9-10-45-20-12-19(44-7)17(32)11-18(20)33/h11-12,14-15,21,23-25,27H,8-10,13H2,1-7H3,(H,35,39)(H,36,43)(H,37,40,42)/t21-,23-,24+,25-,27-/m1/s1. The van der Waals surface area contributed by atoms with Gasteiger partial charge in [-0.15, -0.1) is 0 Å². The fourth-order valence-corrected chi connectivity index (χ4v) is 5.18. The van der Waals surface area contributed by atoms with Gasteiger partial charge in [0, 0.05) is 24.4 Å². The number of hydrogen-bond acceptors (Lipinski definition) is 10. The second-order valence-corrected chi connectivity index (χ2v) is 13.1. The SMILES string of the molecule is CCc1cn([C@@H]2O[C@H](CNC(=O)CCOc3cc(OC)c(Cl)cc3Cl)[C@@H](OC(=O)[C@@H](NC(=O)OC(C)(C)C)C(C)C)[C@H]2F)c(=O)[nH]c1=O. The molecule has 1 aromatic heterocycles. The molecule has 3 N–H and O–H groups in total. The van der Waals surface area contributed by atoms with Gasteiger partial charge in [-0.25, -0.2) is 18.8 Å². The van der Waals surface area contributed by atoms with Crippen LogP contribution in [0.3, 0.4) is 0 Å². The summed E-state index contributed by atoms with van der Waals surface area (Å²) in [5, 5.41) is 5.52. The normalized spacial score (nSPS) is 19.8. The van der Waals surface area contributed by atoms with E-state index >= 15 is 4.39 Å². The lowest BCUT2D eigenvalue weighted by atomic mass is 10.0. The van der Waals surface area contributed by atoms with Gasteiger partial charge in [-0.1, -0.05) is 44.0 Å². The number of rotatable bonds is 13. The molecule has 0 bridgehead atoms. The summed E-state index contributed by atoms with van der Waals surface area (Å²) in [4.78, 5) is 65.5. The molecule has 266 valence electrons. The van der Waals surface area contributed by atoms with Crippen LogP contribution < -0.4 is 31.4 Å². The Kier molecular flexibility index (Phi) is 13.3. The highest BCUT2D eigenvalue weighted by atomic mass is 35.5.